The van der Waals surface area contributed by atoms with E-state index in [1.54, 1.807) is 0 Å². The molecule has 6 unspecified atom stereocenters. The molecule has 2 heterocycles. The molecule has 0 saturated carbocycles. The molecule has 6 heteroatoms. The molecule has 2 rings (SSSR count). The number of hydrogen-bond donors (Lipinski definition) is 0. The first kappa shape index (κ1) is 18.8. The lowest BCUT2D eigenvalue weighted by Crippen LogP contribution is -2.48. The van der Waals surface area contributed by atoms with Crippen molar-refractivity contribution >= 4 is 24.5 Å². The first-order valence-corrected chi connectivity index (χ1v) is 8.53. The van der Waals surface area contributed by atoms with Crippen molar-refractivity contribution in [3.8, 4) is 0 Å². The number of cyclic esters (lactones) is 2. The van der Waals surface area contributed by atoms with Gasteiger partial charge in [0, 0.05) is 5.92 Å². The zero-order chi connectivity index (χ0) is 18.1. The summed E-state index contributed by atoms with van der Waals surface area (Å²) in [5.74, 6) is -3.34. The van der Waals surface area contributed by atoms with Gasteiger partial charge in [0.1, 0.15) is 12.6 Å². The maximum atomic E-state index is 12.1. The van der Waals surface area contributed by atoms with Crippen molar-refractivity contribution in [2.75, 3.05) is 0 Å². The summed E-state index contributed by atoms with van der Waals surface area (Å²) >= 11 is 0. The number of hydrogen-bond acceptors (Lipinski definition) is 6. The van der Waals surface area contributed by atoms with Gasteiger partial charge >= 0.3 is 11.9 Å². The van der Waals surface area contributed by atoms with Crippen LogP contribution < -0.4 is 0 Å². The Hall–Kier alpha value is -1.56. The van der Waals surface area contributed by atoms with Crippen LogP contribution in [-0.2, 0) is 28.7 Å². The quantitative estimate of drug-likeness (QED) is 0.418. The maximum Gasteiger partial charge on any atom is 0.320 e. The van der Waals surface area contributed by atoms with Crippen molar-refractivity contribution in [1.29, 1.82) is 0 Å². The van der Waals surface area contributed by atoms with Gasteiger partial charge in [-0.2, -0.15) is 0 Å². The summed E-state index contributed by atoms with van der Waals surface area (Å²) < 4.78 is 10.9. The molecular formula is C18H26O6. The van der Waals surface area contributed by atoms with Gasteiger partial charge in [-0.1, -0.05) is 27.7 Å². The minimum atomic E-state index is -0.614. The van der Waals surface area contributed by atoms with Crippen LogP contribution in [0.1, 0.15) is 47.0 Å². The standard InChI is InChI=1S/C18H26O6/c1-5-10(8-19)12(9-20)13-6-11-15(17(22)24-16(11)21)14(23-13)7-18(2,3)4/h8-15H,5-7H2,1-4H3. The Kier molecular flexibility index (Phi) is 5.58. The van der Waals surface area contributed by atoms with Crippen LogP contribution in [0.3, 0.4) is 0 Å². The molecule has 0 bridgehead atoms. The van der Waals surface area contributed by atoms with Gasteiger partial charge < -0.3 is 19.1 Å². The number of ether oxygens (including phenoxy) is 2. The average Bonchev–Trinajstić information content (AvgIpc) is 2.77. The van der Waals surface area contributed by atoms with E-state index in [4.69, 9.17) is 9.47 Å². The van der Waals surface area contributed by atoms with Gasteiger partial charge in [-0.15, -0.1) is 0 Å². The third kappa shape index (κ3) is 3.74. The second-order valence-electron chi connectivity index (χ2n) is 8.01. The molecule has 6 atom stereocenters. The molecule has 0 spiro atoms. The van der Waals surface area contributed by atoms with Crippen molar-refractivity contribution in [2.45, 2.75) is 59.2 Å². The smallest absolute Gasteiger partial charge is 0.320 e. The Morgan fingerprint density at radius 3 is 2.33 bits per heavy atom. The van der Waals surface area contributed by atoms with E-state index in [0.29, 0.717) is 12.8 Å². The van der Waals surface area contributed by atoms with E-state index in [1.165, 1.54) is 0 Å². The predicted molar refractivity (Wildman–Crippen MR) is 84.8 cm³/mol. The highest BCUT2D eigenvalue weighted by atomic mass is 16.6. The van der Waals surface area contributed by atoms with Gasteiger partial charge in [0.2, 0.25) is 0 Å². The van der Waals surface area contributed by atoms with E-state index < -0.39 is 47.8 Å². The molecule has 0 aromatic rings. The van der Waals surface area contributed by atoms with Crippen molar-refractivity contribution in [2.24, 2.45) is 29.1 Å². The number of esters is 2. The Morgan fingerprint density at radius 1 is 1.17 bits per heavy atom. The molecule has 0 aliphatic carbocycles. The van der Waals surface area contributed by atoms with Gasteiger partial charge in [-0.25, -0.2) is 0 Å². The summed E-state index contributed by atoms with van der Waals surface area (Å²) in [6.45, 7) is 7.90. The normalized spacial score (nSPS) is 32.7. The second-order valence-corrected chi connectivity index (χ2v) is 8.01. The number of carbonyl (C=O) groups excluding carboxylic acids is 4. The number of fused-ring (bicyclic) bond motifs is 1. The monoisotopic (exact) mass is 338 g/mol. The topological polar surface area (TPSA) is 86.7 Å². The zero-order valence-electron chi connectivity index (χ0n) is 14.7. The van der Waals surface area contributed by atoms with Crippen molar-refractivity contribution in [3.05, 3.63) is 0 Å². The van der Waals surface area contributed by atoms with Gasteiger partial charge in [-0.3, -0.25) is 9.59 Å². The number of carbonyl (C=O) groups is 4. The first-order chi connectivity index (χ1) is 11.2. The van der Waals surface area contributed by atoms with E-state index in [9.17, 15) is 19.2 Å². The Bertz CT molecular complexity index is 520. The van der Waals surface area contributed by atoms with Gasteiger partial charge in [-0.05, 0) is 24.7 Å². The van der Waals surface area contributed by atoms with Crippen LogP contribution in [-0.4, -0.2) is 36.7 Å². The summed E-state index contributed by atoms with van der Waals surface area (Å²) in [4.78, 5) is 46.9. The van der Waals surface area contributed by atoms with Crippen LogP contribution in [0.4, 0.5) is 0 Å². The minimum absolute atomic E-state index is 0.117. The molecule has 2 aliphatic rings. The van der Waals surface area contributed by atoms with E-state index in [1.807, 2.05) is 27.7 Å². The zero-order valence-corrected chi connectivity index (χ0v) is 14.7. The molecule has 0 N–H and O–H groups in total. The summed E-state index contributed by atoms with van der Waals surface area (Å²) in [6.07, 6.45) is 1.80. The predicted octanol–water partition coefficient (Wildman–Crippen LogP) is 1.94. The van der Waals surface area contributed by atoms with E-state index in [-0.39, 0.29) is 11.8 Å². The molecule has 2 aliphatic heterocycles. The summed E-state index contributed by atoms with van der Waals surface area (Å²) in [7, 11) is 0. The van der Waals surface area contributed by atoms with Crippen LogP contribution in [0.5, 0.6) is 0 Å². The largest absolute Gasteiger partial charge is 0.393 e. The maximum absolute atomic E-state index is 12.1. The van der Waals surface area contributed by atoms with Gasteiger partial charge in [0.15, 0.2) is 0 Å². The Morgan fingerprint density at radius 2 is 1.83 bits per heavy atom. The van der Waals surface area contributed by atoms with Crippen LogP contribution in [0, 0.1) is 29.1 Å². The number of aldehydes is 2. The fourth-order valence-electron chi connectivity index (χ4n) is 3.77. The second kappa shape index (κ2) is 7.13. The highest BCUT2D eigenvalue weighted by Gasteiger charge is 2.55. The van der Waals surface area contributed by atoms with Gasteiger partial charge in [0.25, 0.3) is 0 Å². The highest BCUT2D eigenvalue weighted by Crippen LogP contribution is 2.43. The molecule has 6 nitrogen and oxygen atoms in total. The van der Waals surface area contributed by atoms with Crippen molar-refractivity contribution in [3.63, 3.8) is 0 Å². The molecule has 0 aromatic carbocycles. The van der Waals surface area contributed by atoms with E-state index >= 15 is 0 Å². The lowest BCUT2D eigenvalue weighted by Gasteiger charge is -2.41. The van der Waals surface area contributed by atoms with E-state index in [2.05, 4.69) is 0 Å². The fourth-order valence-corrected chi connectivity index (χ4v) is 3.77. The molecule has 0 radical (unpaired) electrons. The van der Waals surface area contributed by atoms with Gasteiger partial charge in [0.05, 0.1) is 30.0 Å². The molecule has 0 aromatic heterocycles. The molecule has 24 heavy (non-hydrogen) atoms. The molecular weight excluding hydrogens is 312 g/mol. The molecule has 2 fully saturated rings. The van der Waals surface area contributed by atoms with Crippen molar-refractivity contribution < 1.29 is 28.7 Å². The lowest BCUT2D eigenvalue weighted by molar-refractivity contribution is -0.163. The molecule has 134 valence electrons. The van der Waals surface area contributed by atoms with Crippen LogP contribution >= 0.6 is 0 Å². The number of rotatable bonds is 6. The highest BCUT2D eigenvalue weighted by molar-refractivity contribution is 5.97. The minimum Gasteiger partial charge on any atom is -0.393 e. The first-order valence-electron chi connectivity index (χ1n) is 8.53. The van der Waals surface area contributed by atoms with Crippen molar-refractivity contribution in [1.82, 2.24) is 0 Å². The summed E-state index contributed by atoms with van der Waals surface area (Å²) in [5.41, 5.74) is -0.117. The summed E-state index contributed by atoms with van der Waals surface area (Å²) in [6, 6.07) is 0. The lowest BCUT2D eigenvalue weighted by atomic mass is 9.73. The Labute approximate surface area is 142 Å². The third-order valence-corrected chi connectivity index (χ3v) is 4.99. The average molecular weight is 338 g/mol. The van der Waals surface area contributed by atoms with Crippen LogP contribution in [0.25, 0.3) is 0 Å². The fraction of sp³-hybridized carbons (Fsp3) is 0.778. The summed E-state index contributed by atoms with van der Waals surface area (Å²) in [5, 5.41) is 0. The molecule has 0 amide bonds. The van der Waals surface area contributed by atoms with Crippen LogP contribution in [0.2, 0.25) is 0 Å². The molecule has 2 saturated heterocycles. The SMILES string of the molecule is CCC(C=O)C(C=O)C1CC2C(=O)OC(=O)C2C(CC(C)(C)C)O1. The van der Waals surface area contributed by atoms with E-state index in [0.717, 1.165) is 12.6 Å². The van der Waals surface area contributed by atoms with Crippen LogP contribution in [0.15, 0.2) is 0 Å². The Balaban J connectivity index is 2.29. The third-order valence-electron chi connectivity index (χ3n) is 4.99.